The quantitative estimate of drug-likeness (QED) is 0.206. The molecule has 0 bridgehead atoms. The van der Waals surface area contributed by atoms with E-state index in [1.807, 2.05) is 30.5 Å². The Hall–Kier alpha value is -5.66. The topological polar surface area (TPSA) is 27.1 Å². The van der Waals surface area contributed by atoms with Gasteiger partial charge in [0.25, 0.3) is 0 Å². The molecule has 0 fully saturated rings. The molecule has 8 aromatic rings. The Balaban J connectivity index is 1.63. The summed E-state index contributed by atoms with van der Waals surface area (Å²) in [5.74, 6) is 0.827. The first kappa shape index (κ1) is 24.2. The van der Waals surface area contributed by atoms with Gasteiger partial charge in [-0.2, -0.15) is 0 Å². The van der Waals surface area contributed by atoms with Crippen LogP contribution in [0.3, 0.4) is 0 Å². The summed E-state index contributed by atoms with van der Waals surface area (Å²) in [7, 11) is 0. The molecule has 4 nitrogen and oxygen atoms in total. The molecule has 0 aliphatic carbocycles. The van der Waals surface area contributed by atoms with Crippen molar-refractivity contribution in [3.63, 3.8) is 0 Å². The van der Waals surface area contributed by atoms with Crippen molar-refractivity contribution in [2.45, 2.75) is 13.8 Å². The highest BCUT2D eigenvalue weighted by Crippen LogP contribution is 2.43. The molecule has 0 aliphatic heterocycles. The van der Waals surface area contributed by atoms with Gasteiger partial charge in [0.2, 0.25) is 0 Å². The molecule has 0 radical (unpaired) electrons. The molecule has 0 saturated carbocycles. The molecule has 3 aromatic heterocycles. The second-order valence-corrected chi connectivity index (χ2v) is 10.9. The van der Waals surface area contributed by atoms with Crippen LogP contribution in [0.1, 0.15) is 11.1 Å². The summed E-state index contributed by atoms with van der Waals surface area (Å²) >= 11 is 0. The van der Waals surface area contributed by atoms with Crippen LogP contribution >= 0.6 is 0 Å². The molecule has 3 heterocycles. The molecule has 0 amide bonds. The zero-order valence-corrected chi connectivity index (χ0v) is 23.3. The number of nitrogens with zero attached hydrogens (tertiary/aromatic N) is 4. The lowest BCUT2D eigenvalue weighted by atomic mass is 10.0. The van der Waals surface area contributed by atoms with E-state index >= 15 is 0 Å². The lowest BCUT2D eigenvalue weighted by Gasteiger charge is -2.20. The van der Waals surface area contributed by atoms with E-state index in [0.29, 0.717) is 5.69 Å². The Kier molecular flexibility index (Phi) is 5.29. The van der Waals surface area contributed by atoms with E-state index < -0.39 is 0 Å². The Labute approximate surface area is 243 Å². The largest absolute Gasteiger partial charge is 0.305 e. The van der Waals surface area contributed by atoms with Gasteiger partial charge in [0.15, 0.2) is 11.5 Å². The fourth-order valence-corrected chi connectivity index (χ4v) is 6.47. The Bertz CT molecular complexity index is 2400. The summed E-state index contributed by atoms with van der Waals surface area (Å²) in [6.07, 6.45) is 1.88. The summed E-state index contributed by atoms with van der Waals surface area (Å²) in [4.78, 5) is 9.07. The summed E-state index contributed by atoms with van der Waals surface area (Å²) in [5, 5.41) is 4.75. The highest BCUT2D eigenvalue weighted by molar-refractivity contribution is 6.12. The molecule has 198 valence electrons. The fraction of sp³-hybridized carbons (Fsp3) is 0.0526. The second kappa shape index (κ2) is 9.19. The van der Waals surface area contributed by atoms with E-state index in [0.717, 1.165) is 44.7 Å². The lowest BCUT2D eigenvalue weighted by molar-refractivity contribution is 1.03. The predicted molar refractivity (Wildman–Crippen MR) is 174 cm³/mol. The van der Waals surface area contributed by atoms with Crippen LogP contribution < -0.4 is 0 Å². The number of hydrogen-bond donors (Lipinski definition) is 0. The fourth-order valence-electron chi connectivity index (χ4n) is 6.47. The van der Waals surface area contributed by atoms with Gasteiger partial charge in [-0.15, -0.1) is 0 Å². The number of aromatic nitrogens is 3. The van der Waals surface area contributed by atoms with Crippen LogP contribution in [0.15, 0.2) is 121 Å². The average Bonchev–Trinajstić information content (AvgIpc) is 3.52. The Morgan fingerprint density at radius 1 is 0.548 bits per heavy atom. The third-order valence-electron chi connectivity index (χ3n) is 8.31. The van der Waals surface area contributed by atoms with Gasteiger partial charge in [-0.1, -0.05) is 84.9 Å². The zero-order chi connectivity index (χ0) is 28.4. The van der Waals surface area contributed by atoms with Gasteiger partial charge in [0.05, 0.1) is 34.3 Å². The lowest BCUT2D eigenvalue weighted by Crippen LogP contribution is -2.08. The maximum absolute atomic E-state index is 8.00. The van der Waals surface area contributed by atoms with Crippen molar-refractivity contribution in [3.8, 4) is 22.6 Å². The van der Waals surface area contributed by atoms with Crippen LogP contribution in [0.4, 0.5) is 5.69 Å². The number of aryl methyl sites for hydroxylation is 2. The van der Waals surface area contributed by atoms with Gasteiger partial charge in [-0.05, 0) is 60.9 Å². The van der Waals surface area contributed by atoms with E-state index in [2.05, 4.69) is 119 Å². The SMILES string of the molecule is [C-]#[N+]c1ccccc1-c1ccnc(-n2c3ccccc3c3ccc(C)cc32)c1-n1c2ccccc2c2ccc(C)cc21. The van der Waals surface area contributed by atoms with Crippen molar-refractivity contribution in [2.24, 2.45) is 0 Å². The molecule has 0 aliphatic rings. The highest BCUT2D eigenvalue weighted by Gasteiger charge is 2.24. The molecule has 8 rings (SSSR count). The van der Waals surface area contributed by atoms with Crippen molar-refractivity contribution in [2.75, 3.05) is 0 Å². The zero-order valence-electron chi connectivity index (χ0n) is 23.3. The van der Waals surface area contributed by atoms with Crippen LogP contribution in [0, 0.1) is 20.4 Å². The summed E-state index contributed by atoms with van der Waals surface area (Å²) < 4.78 is 4.65. The molecule has 5 aromatic carbocycles. The van der Waals surface area contributed by atoms with E-state index in [4.69, 9.17) is 11.6 Å². The maximum Gasteiger partial charge on any atom is 0.194 e. The average molecular weight is 539 g/mol. The molecule has 42 heavy (non-hydrogen) atoms. The van der Waals surface area contributed by atoms with Crippen molar-refractivity contribution in [3.05, 3.63) is 144 Å². The summed E-state index contributed by atoms with van der Waals surface area (Å²) in [5.41, 5.74) is 10.2. The molecule has 0 atom stereocenters. The predicted octanol–water partition coefficient (Wildman–Crippen LogP) is 10.1. The third kappa shape index (κ3) is 3.44. The number of pyridine rings is 1. The van der Waals surface area contributed by atoms with Gasteiger partial charge >= 0.3 is 0 Å². The van der Waals surface area contributed by atoms with Crippen molar-refractivity contribution >= 4 is 49.3 Å². The number of fused-ring (bicyclic) bond motifs is 6. The Morgan fingerprint density at radius 2 is 1.10 bits per heavy atom. The van der Waals surface area contributed by atoms with Gasteiger partial charge in [-0.25, -0.2) is 9.83 Å². The number of rotatable bonds is 3. The van der Waals surface area contributed by atoms with E-state index in [1.54, 1.807) is 0 Å². The minimum Gasteiger partial charge on any atom is -0.305 e. The van der Waals surface area contributed by atoms with E-state index in [1.165, 1.54) is 32.7 Å². The number of hydrogen-bond acceptors (Lipinski definition) is 1. The molecule has 0 unspecified atom stereocenters. The number of benzene rings is 5. The van der Waals surface area contributed by atoms with Crippen molar-refractivity contribution in [1.29, 1.82) is 0 Å². The monoisotopic (exact) mass is 538 g/mol. The molecule has 0 N–H and O–H groups in total. The van der Waals surface area contributed by atoms with Crippen LogP contribution in [0.2, 0.25) is 0 Å². The van der Waals surface area contributed by atoms with Crippen LogP contribution in [0.5, 0.6) is 0 Å². The van der Waals surface area contributed by atoms with Crippen LogP contribution in [0.25, 0.3) is 71.1 Å². The van der Waals surface area contributed by atoms with E-state index in [9.17, 15) is 0 Å². The first-order valence-corrected chi connectivity index (χ1v) is 14.1. The van der Waals surface area contributed by atoms with Gasteiger partial charge in [0.1, 0.15) is 0 Å². The second-order valence-electron chi connectivity index (χ2n) is 10.9. The minimum atomic E-state index is 0.617. The summed E-state index contributed by atoms with van der Waals surface area (Å²) in [6.45, 7) is 12.3. The van der Waals surface area contributed by atoms with Crippen LogP contribution in [-0.4, -0.2) is 14.1 Å². The summed E-state index contributed by atoms with van der Waals surface area (Å²) in [6, 6.07) is 40.3. The molecular formula is C38H26N4. The van der Waals surface area contributed by atoms with Crippen molar-refractivity contribution in [1.82, 2.24) is 14.1 Å². The molecule has 0 spiro atoms. The maximum atomic E-state index is 8.00. The first-order valence-electron chi connectivity index (χ1n) is 14.1. The molecular weight excluding hydrogens is 512 g/mol. The first-order chi connectivity index (χ1) is 20.6. The third-order valence-corrected chi connectivity index (χ3v) is 8.31. The van der Waals surface area contributed by atoms with Gasteiger partial charge in [-0.3, -0.25) is 4.57 Å². The molecule has 4 heteroatoms. The number of para-hydroxylation sites is 3. The normalized spacial score (nSPS) is 11.5. The standard InChI is InChI=1S/C38H26N4/c1-24-16-18-29-27-11-5-8-14-33(27)41(35(29)22-24)37-31(26-10-4-7-13-32(26)39-3)20-21-40-38(37)42-34-15-9-6-12-28(34)30-19-17-25(2)23-36(30)42/h4-23H,1-2H3. The molecule has 0 saturated heterocycles. The van der Waals surface area contributed by atoms with E-state index in [-0.39, 0.29) is 0 Å². The highest BCUT2D eigenvalue weighted by atomic mass is 15.1. The van der Waals surface area contributed by atoms with Crippen molar-refractivity contribution < 1.29 is 0 Å². The Morgan fingerprint density at radius 3 is 1.76 bits per heavy atom. The van der Waals surface area contributed by atoms with Gasteiger partial charge in [0, 0.05) is 33.3 Å². The van der Waals surface area contributed by atoms with Gasteiger partial charge < -0.3 is 4.57 Å². The minimum absolute atomic E-state index is 0.617. The smallest absolute Gasteiger partial charge is 0.194 e. The van der Waals surface area contributed by atoms with Crippen LogP contribution in [-0.2, 0) is 0 Å².